The van der Waals surface area contributed by atoms with Crippen molar-refractivity contribution < 1.29 is 24.0 Å². The average molecular weight is 511 g/mol. The molecule has 0 atom stereocenters. The van der Waals surface area contributed by atoms with E-state index in [1.807, 2.05) is 30.9 Å². The lowest BCUT2D eigenvalue weighted by molar-refractivity contribution is -0.390. The fourth-order valence-electron chi connectivity index (χ4n) is 8.58. The van der Waals surface area contributed by atoms with Crippen LogP contribution < -0.4 is 10.1 Å². The summed E-state index contributed by atoms with van der Waals surface area (Å²) >= 11 is 0. The molecule has 0 radical (unpaired) electrons. The standard InChI is InChI=1S/C30H42N2O5/c1-28(2,27(33)32-13-11-31-12-14-32)34-26-5-3-22(4-6-26)23-7-9-29(10-8-23)35-30(37-36-29)24-16-20-15-21(18-24)19-25(30)17-20/h3-6,20-21,23-25,31H,7-19H2,1-2H3/t20?,21?,23-,24?,25?,29+,30-. The predicted octanol–water partition coefficient (Wildman–Crippen LogP) is 4.76. The number of piperazine rings is 1. The van der Waals surface area contributed by atoms with E-state index in [1.165, 1.54) is 37.7 Å². The summed E-state index contributed by atoms with van der Waals surface area (Å²) in [4.78, 5) is 27.2. The van der Waals surface area contributed by atoms with Gasteiger partial charge < -0.3 is 19.7 Å². The fourth-order valence-corrected chi connectivity index (χ4v) is 8.58. The molecule has 7 fully saturated rings. The zero-order valence-electron chi connectivity index (χ0n) is 22.4. The molecule has 1 aromatic rings. The SMILES string of the molecule is CC(C)(Oc1ccc([C@H]2CC[C@]3(CC2)OO[C@]2(O3)C3CC4CC(C3)CC2C4)cc1)C(=O)N1CCNCC1. The van der Waals surface area contributed by atoms with Gasteiger partial charge in [0.05, 0.1) is 0 Å². The van der Waals surface area contributed by atoms with Crippen molar-refractivity contribution in [3.63, 3.8) is 0 Å². The molecule has 2 saturated heterocycles. The van der Waals surface area contributed by atoms with Crippen molar-refractivity contribution in [3.8, 4) is 5.75 Å². The van der Waals surface area contributed by atoms with Crippen LogP contribution in [0, 0.1) is 23.7 Å². The van der Waals surface area contributed by atoms with E-state index in [4.69, 9.17) is 19.2 Å². The van der Waals surface area contributed by atoms with Gasteiger partial charge in [-0.25, -0.2) is 0 Å². The Morgan fingerprint density at radius 1 is 0.946 bits per heavy atom. The first-order chi connectivity index (χ1) is 17.8. The molecular weight excluding hydrogens is 468 g/mol. The van der Waals surface area contributed by atoms with Crippen molar-refractivity contribution in [3.05, 3.63) is 29.8 Å². The largest absolute Gasteiger partial charge is 0.478 e. The Balaban J connectivity index is 0.963. The quantitative estimate of drug-likeness (QED) is 0.589. The second-order valence-electron chi connectivity index (χ2n) is 13.2. The third kappa shape index (κ3) is 4.21. The van der Waals surface area contributed by atoms with Gasteiger partial charge in [0, 0.05) is 50.9 Å². The van der Waals surface area contributed by atoms with Gasteiger partial charge in [-0.05, 0) is 94.2 Å². The Kier molecular flexibility index (Phi) is 5.89. The zero-order valence-corrected chi connectivity index (χ0v) is 22.4. The third-order valence-electron chi connectivity index (χ3n) is 10.3. The Hall–Kier alpha value is -1.67. The summed E-state index contributed by atoms with van der Waals surface area (Å²) in [6.45, 7) is 6.87. The van der Waals surface area contributed by atoms with Crippen molar-refractivity contribution in [2.24, 2.45) is 23.7 Å². The highest BCUT2D eigenvalue weighted by molar-refractivity contribution is 5.85. The zero-order chi connectivity index (χ0) is 25.3. The third-order valence-corrected chi connectivity index (χ3v) is 10.3. The van der Waals surface area contributed by atoms with Gasteiger partial charge in [0.1, 0.15) is 5.75 Å². The first-order valence-electron chi connectivity index (χ1n) is 14.7. The molecule has 0 unspecified atom stereocenters. The lowest BCUT2D eigenvalue weighted by Crippen LogP contribution is -2.59. The molecule has 0 aromatic heterocycles. The summed E-state index contributed by atoms with van der Waals surface area (Å²) < 4.78 is 13.1. The summed E-state index contributed by atoms with van der Waals surface area (Å²) in [5, 5.41) is 3.29. The number of hydrogen-bond acceptors (Lipinski definition) is 6. The van der Waals surface area contributed by atoms with Crippen molar-refractivity contribution in [1.29, 1.82) is 0 Å². The van der Waals surface area contributed by atoms with Crippen LogP contribution in [0.25, 0.3) is 0 Å². The molecule has 202 valence electrons. The summed E-state index contributed by atoms with van der Waals surface area (Å²) in [5.74, 6) is 2.99. The molecule has 37 heavy (non-hydrogen) atoms. The van der Waals surface area contributed by atoms with Crippen LogP contribution in [0.5, 0.6) is 5.75 Å². The minimum atomic E-state index is -0.888. The minimum Gasteiger partial charge on any atom is -0.478 e. The van der Waals surface area contributed by atoms with Gasteiger partial charge in [-0.2, -0.15) is 9.78 Å². The second-order valence-corrected chi connectivity index (χ2v) is 13.2. The van der Waals surface area contributed by atoms with Crippen LogP contribution in [0.4, 0.5) is 0 Å². The van der Waals surface area contributed by atoms with Crippen LogP contribution in [0.15, 0.2) is 24.3 Å². The van der Waals surface area contributed by atoms with E-state index in [9.17, 15) is 4.79 Å². The van der Waals surface area contributed by atoms with Crippen LogP contribution >= 0.6 is 0 Å². The Morgan fingerprint density at radius 2 is 1.57 bits per heavy atom. The molecular formula is C30H42N2O5. The molecule has 2 spiro atoms. The Bertz CT molecular complexity index is 981. The lowest BCUT2D eigenvalue weighted by Gasteiger charge is -2.57. The number of carbonyl (C=O) groups excluding carboxylic acids is 1. The molecule has 7 heteroatoms. The van der Waals surface area contributed by atoms with Crippen LogP contribution in [0.1, 0.15) is 83.1 Å². The van der Waals surface area contributed by atoms with Gasteiger partial charge >= 0.3 is 0 Å². The second kappa shape index (κ2) is 8.94. The molecule has 2 heterocycles. The summed E-state index contributed by atoms with van der Waals surface area (Å²) in [5.41, 5.74) is 0.429. The highest BCUT2D eigenvalue weighted by Gasteiger charge is 2.66. The number of nitrogens with zero attached hydrogens (tertiary/aromatic N) is 1. The van der Waals surface area contributed by atoms with Gasteiger partial charge in [-0.3, -0.25) is 4.79 Å². The van der Waals surface area contributed by atoms with E-state index in [2.05, 4.69) is 17.4 Å². The van der Waals surface area contributed by atoms with Crippen LogP contribution in [-0.2, 0) is 19.3 Å². The highest BCUT2D eigenvalue weighted by atomic mass is 17.3. The molecule has 7 nitrogen and oxygen atoms in total. The monoisotopic (exact) mass is 510 g/mol. The van der Waals surface area contributed by atoms with E-state index >= 15 is 0 Å². The summed E-state index contributed by atoms with van der Waals surface area (Å²) in [6.07, 6.45) is 10.2. The van der Waals surface area contributed by atoms with Crippen LogP contribution in [-0.4, -0.2) is 54.2 Å². The number of carbonyl (C=O) groups is 1. The number of nitrogens with one attached hydrogen (secondary N) is 1. The maximum atomic E-state index is 13.0. The minimum absolute atomic E-state index is 0.0475. The van der Waals surface area contributed by atoms with Crippen molar-refractivity contribution in [1.82, 2.24) is 10.2 Å². The smallest absolute Gasteiger partial charge is 0.266 e. The fraction of sp³-hybridized carbons (Fsp3) is 0.767. The molecule has 5 saturated carbocycles. The topological polar surface area (TPSA) is 69.3 Å². The maximum absolute atomic E-state index is 13.0. The van der Waals surface area contributed by atoms with Gasteiger partial charge in [0.2, 0.25) is 11.6 Å². The first-order valence-corrected chi connectivity index (χ1v) is 14.7. The van der Waals surface area contributed by atoms with Gasteiger partial charge in [0.15, 0.2) is 5.60 Å². The number of rotatable bonds is 4. The van der Waals surface area contributed by atoms with Crippen molar-refractivity contribution in [2.75, 3.05) is 26.2 Å². The van der Waals surface area contributed by atoms with Crippen molar-refractivity contribution in [2.45, 2.75) is 94.7 Å². The number of benzene rings is 1. The van der Waals surface area contributed by atoms with Crippen LogP contribution in [0.2, 0.25) is 0 Å². The molecule has 1 N–H and O–H groups in total. The van der Waals surface area contributed by atoms with Gasteiger partial charge in [-0.1, -0.05) is 12.1 Å². The molecule has 1 amide bonds. The van der Waals surface area contributed by atoms with Crippen LogP contribution in [0.3, 0.4) is 0 Å². The number of amides is 1. The predicted molar refractivity (Wildman–Crippen MR) is 138 cm³/mol. The Morgan fingerprint density at radius 3 is 2.19 bits per heavy atom. The van der Waals surface area contributed by atoms with E-state index in [0.29, 0.717) is 17.8 Å². The molecule has 1 aromatic carbocycles. The van der Waals surface area contributed by atoms with E-state index in [-0.39, 0.29) is 5.91 Å². The summed E-state index contributed by atoms with van der Waals surface area (Å²) in [6, 6.07) is 8.36. The van der Waals surface area contributed by atoms with Crippen molar-refractivity contribution >= 4 is 5.91 Å². The summed E-state index contributed by atoms with van der Waals surface area (Å²) in [7, 11) is 0. The van der Waals surface area contributed by atoms with E-state index in [0.717, 1.165) is 69.4 Å². The highest BCUT2D eigenvalue weighted by Crippen LogP contribution is 2.64. The molecule has 2 aliphatic heterocycles. The normalized spacial score (nSPS) is 41.0. The number of ether oxygens (including phenoxy) is 2. The average Bonchev–Trinajstić information content (AvgIpc) is 3.27. The first kappa shape index (κ1) is 24.4. The molecule has 5 aliphatic carbocycles. The van der Waals surface area contributed by atoms with E-state index in [1.54, 1.807) is 0 Å². The molecule has 8 rings (SSSR count). The van der Waals surface area contributed by atoms with Gasteiger partial charge in [-0.15, -0.1) is 0 Å². The maximum Gasteiger partial charge on any atom is 0.266 e. The van der Waals surface area contributed by atoms with E-state index < -0.39 is 17.2 Å². The number of hydrogen-bond donors (Lipinski definition) is 1. The molecule has 7 aliphatic rings. The lowest BCUT2D eigenvalue weighted by atomic mass is 9.53. The van der Waals surface area contributed by atoms with Gasteiger partial charge in [0.25, 0.3) is 5.91 Å². The Labute approximate surface area is 220 Å². The molecule has 4 bridgehead atoms.